The van der Waals surface area contributed by atoms with Crippen molar-refractivity contribution in [3.8, 4) is 0 Å². The molecular formula is C19H30N2O2. The van der Waals surface area contributed by atoms with Crippen LogP contribution in [-0.2, 0) is 4.74 Å². The Morgan fingerprint density at radius 1 is 1.39 bits per heavy atom. The van der Waals surface area contributed by atoms with E-state index in [1.165, 1.54) is 16.7 Å². The summed E-state index contributed by atoms with van der Waals surface area (Å²) in [5.74, 6) is 0.690. The number of benzene rings is 1. The topological polar surface area (TPSA) is 55.6 Å². The van der Waals surface area contributed by atoms with Crippen molar-refractivity contribution in [1.82, 2.24) is 4.90 Å². The maximum atomic E-state index is 12.2. The van der Waals surface area contributed by atoms with E-state index in [0.29, 0.717) is 18.4 Å². The number of nitrogens with zero attached hydrogens (tertiary/aromatic N) is 1. The zero-order valence-electron chi connectivity index (χ0n) is 15.1. The maximum absolute atomic E-state index is 12.2. The molecule has 2 rings (SSSR count). The molecule has 2 atom stereocenters. The molecule has 4 nitrogen and oxygen atoms in total. The second kappa shape index (κ2) is 6.91. The first kappa shape index (κ1) is 17.8. The highest BCUT2D eigenvalue weighted by Crippen LogP contribution is 2.34. The molecule has 0 spiro atoms. The molecule has 2 unspecified atom stereocenters. The fraction of sp³-hybridized carbons (Fsp3) is 0.632. The molecule has 0 aromatic heterocycles. The highest BCUT2D eigenvalue weighted by atomic mass is 16.6. The molecule has 128 valence electrons. The molecule has 1 saturated heterocycles. The number of carbonyl (C=O) groups is 1. The van der Waals surface area contributed by atoms with Crippen LogP contribution in [0.3, 0.4) is 0 Å². The number of amides is 1. The van der Waals surface area contributed by atoms with E-state index in [1.807, 2.05) is 25.7 Å². The molecule has 0 bridgehead atoms. The van der Waals surface area contributed by atoms with E-state index >= 15 is 0 Å². The minimum absolute atomic E-state index is 0.211. The predicted octanol–water partition coefficient (Wildman–Crippen LogP) is 3.60. The second-order valence-electron chi connectivity index (χ2n) is 7.68. The lowest BCUT2D eigenvalue weighted by Crippen LogP contribution is -2.36. The van der Waals surface area contributed by atoms with Gasteiger partial charge >= 0.3 is 6.09 Å². The third-order valence-electron chi connectivity index (χ3n) is 4.53. The number of likely N-dealkylation sites (tertiary alicyclic amines) is 1. The first-order chi connectivity index (χ1) is 10.7. The number of rotatable bonds is 3. The summed E-state index contributed by atoms with van der Waals surface area (Å²) >= 11 is 0. The van der Waals surface area contributed by atoms with E-state index < -0.39 is 5.60 Å². The summed E-state index contributed by atoms with van der Waals surface area (Å²) in [5, 5.41) is 0. The van der Waals surface area contributed by atoms with Crippen molar-refractivity contribution in [3.63, 3.8) is 0 Å². The Hall–Kier alpha value is -1.55. The van der Waals surface area contributed by atoms with Gasteiger partial charge in [-0.25, -0.2) is 4.79 Å². The summed E-state index contributed by atoms with van der Waals surface area (Å²) in [5.41, 5.74) is 9.50. The van der Waals surface area contributed by atoms with Crippen LogP contribution in [0.1, 0.15) is 49.8 Å². The lowest BCUT2D eigenvalue weighted by molar-refractivity contribution is 0.0286. The first-order valence-electron chi connectivity index (χ1n) is 8.46. The smallest absolute Gasteiger partial charge is 0.410 e. The van der Waals surface area contributed by atoms with Crippen LogP contribution < -0.4 is 5.73 Å². The van der Waals surface area contributed by atoms with Gasteiger partial charge in [0, 0.05) is 19.0 Å². The van der Waals surface area contributed by atoms with Crippen LogP contribution >= 0.6 is 0 Å². The summed E-state index contributed by atoms with van der Waals surface area (Å²) in [6.07, 6.45) is 0.769. The first-order valence-corrected chi connectivity index (χ1v) is 8.46. The molecule has 1 aliphatic heterocycles. The summed E-state index contributed by atoms with van der Waals surface area (Å²) in [4.78, 5) is 14.1. The zero-order chi connectivity index (χ0) is 17.2. The fourth-order valence-corrected chi connectivity index (χ4v) is 3.34. The Morgan fingerprint density at radius 2 is 2.09 bits per heavy atom. The van der Waals surface area contributed by atoms with Gasteiger partial charge < -0.3 is 15.4 Å². The quantitative estimate of drug-likeness (QED) is 0.926. The molecule has 1 aromatic rings. The highest BCUT2D eigenvalue weighted by Gasteiger charge is 2.34. The Kier molecular flexibility index (Phi) is 5.35. The molecule has 1 amide bonds. The fourth-order valence-electron chi connectivity index (χ4n) is 3.34. The molecule has 1 fully saturated rings. The average molecular weight is 318 g/mol. The molecule has 1 heterocycles. The van der Waals surface area contributed by atoms with Crippen molar-refractivity contribution in [3.05, 3.63) is 34.9 Å². The van der Waals surface area contributed by atoms with Crippen LogP contribution in [0.2, 0.25) is 0 Å². The number of ether oxygens (including phenoxy) is 1. The number of hydrogen-bond donors (Lipinski definition) is 1. The van der Waals surface area contributed by atoms with Gasteiger partial charge in [-0.15, -0.1) is 0 Å². The number of aryl methyl sites for hydroxylation is 2. The summed E-state index contributed by atoms with van der Waals surface area (Å²) in [7, 11) is 0. The van der Waals surface area contributed by atoms with Gasteiger partial charge in [-0.2, -0.15) is 0 Å². The van der Waals surface area contributed by atoms with E-state index in [0.717, 1.165) is 19.5 Å². The summed E-state index contributed by atoms with van der Waals surface area (Å²) in [6.45, 7) is 12.0. The Bertz CT molecular complexity index is 563. The molecular weight excluding hydrogens is 288 g/mol. The SMILES string of the molecule is Cc1ccc(C)c(C(CN)C2CCN(C(=O)OC(C)(C)C)C2)c1. The van der Waals surface area contributed by atoms with Crippen LogP contribution in [0.15, 0.2) is 18.2 Å². The van der Waals surface area contributed by atoms with Gasteiger partial charge in [-0.05, 0) is 64.6 Å². The van der Waals surface area contributed by atoms with E-state index in [2.05, 4.69) is 32.0 Å². The van der Waals surface area contributed by atoms with Crippen molar-refractivity contribution < 1.29 is 9.53 Å². The Balaban J connectivity index is 2.10. The lowest BCUT2D eigenvalue weighted by Gasteiger charge is -2.26. The van der Waals surface area contributed by atoms with Crippen LogP contribution in [-0.4, -0.2) is 36.2 Å². The molecule has 0 radical (unpaired) electrons. The van der Waals surface area contributed by atoms with E-state index in [9.17, 15) is 4.79 Å². The number of nitrogens with two attached hydrogens (primary N) is 1. The van der Waals surface area contributed by atoms with Crippen LogP contribution in [0.5, 0.6) is 0 Å². The third kappa shape index (κ3) is 4.47. The van der Waals surface area contributed by atoms with Gasteiger partial charge in [0.15, 0.2) is 0 Å². The molecule has 0 aliphatic carbocycles. The molecule has 23 heavy (non-hydrogen) atoms. The van der Waals surface area contributed by atoms with Gasteiger partial charge in [-0.1, -0.05) is 23.8 Å². The largest absolute Gasteiger partial charge is 0.444 e. The van der Waals surface area contributed by atoms with Gasteiger partial charge in [-0.3, -0.25) is 0 Å². The third-order valence-corrected chi connectivity index (χ3v) is 4.53. The van der Waals surface area contributed by atoms with Crippen molar-refractivity contribution in [1.29, 1.82) is 0 Å². The standard InChI is InChI=1S/C19H30N2O2/c1-13-6-7-14(2)16(10-13)17(11-20)15-8-9-21(12-15)18(22)23-19(3,4)5/h6-7,10,15,17H,8-9,11-12,20H2,1-5H3. The molecule has 1 aromatic carbocycles. The van der Waals surface area contributed by atoms with Gasteiger partial charge in [0.1, 0.15) is 5.60 Å². The van der Waals surface area contributed by atoms with Crippen molar-refractivity contribution in [2.75, 3.05) is 19.6 Å². The van der Waals surface area contributed by atoms with Crippen molar-refractivity contribution >= 4 is 6.09 Å². The number of hydrogen-bond acceptors (Lipinski definition) is 3. The Morgan fingerprint density at radius 3 is 2.70 bits per heavy atom. The van der Waals surface area contributed by atoms with E-state index in [1.54, 1.807) is 0 Å². The molecule has 1 aliphatic rings. The Labute approximate surface area is 140 Å². The minimum Gasteiger partial charge on any atom is -0.444 e. The summed E-state index contributed by atoms with van der Waals surface area (Å²) < 4.78 is 5.49. The van der Waals surface area contributed by atoms with Crippen molar-refractivity contribution in [2.24, 2.45) is 11.7 Å². The van der Waals surface area contributed by atoms with E-state index in [4.69, 9.17) is 10.5 Å². The van der Waals surface area contributed by atoms with Crippen molar-refractivity contribution in [2.45, 2.75) is 52.6 Å². The maximum Gasteiger partial charge on any atom is 0.410 e. The highest BCUT2D eigenvalue weighted by molar-refractivity contribution is 5.68. The molecule has 2 N–H and O–H groups in total. The van der Waals surface area contributed by atoms with Crippen LogP contribution in [0.4, 0.5) is 4.79 Å². The monoisotopic (exact) mass is 318 g/mol. The van der Waals surface area contributed by atoms with Gasteiger partial charge in [0.05, 0.1) is 0 Å². The van der Waals surface area contributed by atoms with Gasteiger partial charge in [0.2, 0.25) is 0 Å². The average Bonchev–Trinajstić information content (AvgIpc) is 2.91. The number of carbonyl (C=O) groups excluding carboxylic acids is 1. The minimum atomic E-state index is -0.449. The van der Waals surface area contributed by atoms with Crippen LogP contribution in [0.25, 0.3) is 0 Å². The normalized spacial score (nSPS) is 19.7. The molecule has 0 saturated carbocycles. The van der Waals surface area contributed by atoms with E-state index in [-0.39, 0.29) is 6.09 Å². The van der Waals surface area contributed by atoms with Crippen LogP contribution in [0, 0.1) is 19.8 Å². The molecule has 4 heteroatoms. The zero-order valence-corrected chi connectivity index (χ0v) is 15.1. The second-order valence-corrected chi connectivity index (χ2v) is 7.68. The predicted molar refractivity (Wildman–Crippen MR) is 93.6 cm³/mol. The summed E-state index contributed by atoms with van der Waals surface area (Å²) in [6, 6.07) is 6.53. The lowest BCUT2D eigenvalue weighted by atomic mass is 9.83. The van der Waals surface area contributed by atoms with Gasteiger partial charge in [0.25, 0.3) is 0 Å².